The second-order valence-corrected chi connectivity index (χ2v) is 4.11. The van der Waals surface area contributed by atoms with Gasteiger partial charge < -0.3 is 9.64 Å². The molecule has 0 aliphatic carbocycles. The van der Waals surface area contributed by atoms with E-state index in [1.54, 1.807) is 7.11 Å². The number of nitrogens with zero attached hydrogens (tertiary/aromatic N) is 4. The number of hydrogen-bond acceptors (Lipinski definition) is 5. The van der Waals surface area contributed by atoms with Crippen molar-refractivity contribution in [1.82, 2.24) is 9.97 Å². The van der Waals surface area contributed by atoms with Crippen LogP contribution in [0.25, 0.3) is 0 Å². The highest BCUT2D eigenvalue weighted by Gasteiger charge is 2.15. The summed E-state index contributed by atoms with van der Waals surface area (Å²) in [5.41, 5.74) is 0.676. The molecule has 0 saturated heterocycles. The molecular weight excluding hydrogens is 275 g/mol. The number of hydrogen-bond donors (Lipinski definition) is 0. The molecule has 98 valence electrons. The molecule has 0 unspecified atom stereocenters. The third kappa shape index (κ3) is 3.98. The summed E-state index contributed by atoms with van der Waals surface area (Å²) in [6, 6.07) is 2.10. The van der Waals surface area contributed by atoms with E-state index in [4.69, 9.17) is 33.2 Å². The predicted molar refractivity (Wildman–Crippen MR) is 70.9 cm³/mol. The van der Waals surface area contributed by atoms with Crippen LogP contribution in [0.3, 0.4) is 0 Å². The topological polar surface area (TPSA) is 62.0 Å². The van der Waals surface area contributed by atoms with Crippen molar-refractivity contribution in [3.63, 3.8) is 0 Å². The maximum absolute atomic E-state index is 8.68. The van der Waals surface area contributed by atoms with Gasteiger partial charge in [-0.15, -0.1) is 11.6 Å². The molecule has 1 heterocycles. The fourth-order valence-electron chi connectivity index (χ4n) is 1.48. The van der Waals surface area contributed by atoms with Gasteiger partial charge in [0.15, 0.2) is 0 Å². The molecule has 1 aromatic heterocycles. The van der Waals surface area contributed by atoms with Crippen LogP contribution in [-0.2, 0) is 10.6 Å². The highest BCUT2D eigenvalue weighted by atomic mass is 35.5. The third-order valence-electron chi connectivity index (χ3n) is 2.36. The molecule has 18 heavy (non-hydrogen) atoms. The largest absolute Gasteiger partial charge is 0.383 e. The van der Waals surface area contributed by atoms with Gasteiger partial charge in [0.2, 0.25) is 0 Å². The Balaban J connectivity index is 2.96. The Kier molecular flexibility index (Phi) is 6.73. The number of methoxy groups -OCH3 is 1. The zero-order chi connectivity index (χ0) is 13.4. The maximum atomic E-state index is 8.68. The van der Waals surface area contributed by atoms with Gasteiger partial charge in [0.1, 0.15) is 17.3 Å². The van der Waals surface area contributed by atoms with Gasteiger partial charge in [0.05, 0.1) is 25.0 Å². The standard InChI is InChI=1S/C11H14Cl2N4O/c1-18-6-5-17(4-2-3-14)11-9(7-12)10(13)15-8-16-11/h8H,2,4-7H2,1H3. The lowest BCUT2D eigenvalue weighted by Crippen LogP contribution is -2.30. The van der Waals surface area contributed by atoms with Crippen LogP contribution in [-0.4, -0.2) is 36.8 Å². The minimum Gasteiger partial charge on any atom is -0.383 e. The number of ether oxygens (including phenoxy) is 1. The van der Waals surface area contributed by atoms with Crippen LogP contribution in [0.2, 0.25) is 5.15 Å². The fraction of sp³-hybridized carbons (Fsp3) is 0.545. The van der Waals surface area contributed by atoms with Gasteiger partial charge in [-0.3, -0.25) is 0 Å². The first kappa shape index (κ1) is 15.0. The van der Waals surface area contributed by atoms with Crippen LogP contribution in [0, 0.1) is 11.3 Å². The molecule has 0 aromatic carbocycles. The van der Waals surface area contributed by atoms with E-state index in [0.29, 0.717) is 42.7 Å². The van der Waals surface area contributed by atoms with E-state index < -0.39 is 0 Å². The Morgan fingerprint density at radius 2 is 2.22 bits per heavy atom. The van der Waals surface area contributed by atoms with E-state index in [-0.39, 0.29) is 5.88 Å². The molecule has 0 amide bonds. The number of alkyl halides is 1. The zero-order valence-corrected chi connectivity index (χ0v) is 11.6. The van der Waals surface area contributed by atoms with Gasteiger partial charge in [-0.1, -0.05) is 11.6 Å². The van der Waals surface area contributed by atoms with Gasteiger partial charge in [-0.05, 0) is 0 Å². The molecular formula is C11H14Cl2N4O. The normalized spacial score (nSPS) is 10.1. The molecule has 7 heteroatoms. The molecule has 0 spiro atoms. The van der Waals surface area contributed by atoms with Crippen molar-refractivity contribution in [3.8, 4) is 6.07 Å². The quantitative estimate of drug-likeness (QED) is 0.569. The van der Waals surface area contributed by atoms with Crippen LogP contribution >= 0.6 is 23.2 Å². The van der Waals surface area contributed by atoms with E-state index in [2.05, 4.69) is 16.0 Å². The summed E-state index contributed by atoms with van der Waals surface area (Å²) in [5, 5.41) is 9.02. The number of rotatable bonds is 7. The molecule has 0 radical (unpaired) electrons. The Bertz CT molecular complexity index is 422. The van der Waals surface area contributed by atoms with E-state index in [1.807, 2.05) is 4.90 Å². The molecule has 1 aromatic rings. The van der Waals surface area contributed by atoms with E-state index in [1.165, 1.54) is 6.33 Å². The third-order valence-corrected chi connectivity index (χ3v) is 2.96. The molecule has 0 saturated carbocycles. The highest BCUT2D eigenvalue weighted by molar-refractivity contribution is 6.31. The van der Waals surface area contributed by atoms with Crippen LogP contribution in [0.5, 0.6) is 0 Å². The molecule has 1 rings (SSSR count). The van der Waals surface area contributed by atoms with Crippen LogP contribution < -0.4 is 4.90 Å². The lowest BCUT2D eigenvalue weighted by atomic mass is 10.3. The van der Waals surface area contributed by atoms with E-state index in [0.717, 1.165) is 0 Å². The van der Waals surface area contributed by atoms with Gasteiger partial charge in [0, 0.05) is 25.8 Å². The summed E-state index contributed by atoms with van der Waals surface area (Å²) in [6.45, 7) is 1.71. The first-order valence-electron chi connectivity index (χ1n) is 5.40. The summed E-state index contributed by atoms with van der Waals surface area (Å²) < 4.78 is 5.04. The Hall–Kier alpha value is -1.09. The van der Waals surface area contributed by atoms with Crippen molar-refractivity contribution in [2.75, 3.05) is 31.7 Å². The molecule has 0 N–H and O–H groups in total. The lowest BCUT2D eigenvalue weighted by molar-refractivity contribution is 0.205. The summed E-state index contributed by atoms with van der Waals surface area (Å²) in [7, 11) is 1.62. The molecule has 5 nitrogen and oxygen atoms in total. The average Bonchev–Trinajstić information content (AvgIpc) is 2.39. The molecule has 0 fully saturated rings. The minimum atomic E-state index is 0.227. The SMILES string of the molecule is COCCN(CCC#N)c1ncnc(Cl)c1CCl. The Morgan fingerprint density at radius 1 is 1.44 bits per heavy atom. The van der Waals surface area contributed by atoms with Gasteiger partial charge >= 0.3 is 0 Å². The van der Waals surface area contributed by atoms with Gasteiger partial charge in [-0.2, -0.15) is 5.26 Å². The summed E-state index contributed by atoms with van der Waals surface area (Å²) in [4.78, 5) is 10.0. The highest BCUT2D eigenvalue weighted by Crippen LogP contribution is 2.25. The summed E-state index contributed by atoms with van der Waals surface area (Å²) in [6.07, 6.45) is 1.78. The maximum Gasteiger partial charge on any atom is 0.138 e. The van der Waals surface area contributed by atoms with Crippen molar-refractivity contribution >= 4 is 29.0 Å². The molecule has 0 aliphatic heterocycles. The minimum absolute atomic E-state index is 0.227. The van der Waals surface area contributed by atoms with Crippen molar-refractivity contribution in [2.45, 2.75) is 12.3 Å². The number of anilines is 1. The number of aromatic nitrogens is 2. The first-order valence-corrected chi connectivity index (χ1v) is 6.32. The van der Waals surface area contributed by atoms with Crippen molar-refractivity contribution < 1.29 is 4.74 Å². The van der Waals surface area contributed by atoms with Crippen molar-refractivity contribution in [2.24, 2.45) is 0 Å². The lowest BCUT2D eigenvalue weighted by Gasteiger charge is -2.24. The molecule has 0 aliphatic rings. The Morgan fingerprint density at radius 3 is 2.83 bits per heavy atom. The van der Waals surface area contributed by atoms with Gasteiger partial charge in [-0.25, -0.2) is 9.97 Å². The summed E-state index contributed by atoms with van der Waals surface area (Å²) >= 11 is 11.8. The van der Waals surface area contributed by atoms with Crippen LogP contribution in [0.15, 0.2) is 6.33 Å². The van der Waals surface area contributed by atoms with E-state index >= 15 is 0 Å². The Labute approximate surface area is 116 Å². The number of halogens is 2. The van der Waals surface area contributed by atoms with Crippen molar-refractivity contribution in [3.05, 3.63) is 17.0 Å². The molecule has 0 bridgehead atoms. The fourth-order valence-corrected chi connectivity index (χ4v) is 1.99. The molecule has 0 atom stereocenters. The smallest absolute Gasteiger partial charge is 0.138 e. The number of nitriles is 1. The predicted octanol–water partition coefficient (Wildman–Crippen LogP) is 2.24. The first-order chi connectivity index (χ1) is 8.74. The van der Waals surface area contributed by atoms with Crippen molar-refractivity contribution in [1.29, 1.82) is 5.26 Å². The second kappa shape index (κ2) is 8.09. The second-order valence-electron chi connectivity index (χ2n) is 3.49. The van der Waals surface area contributed by atoms with Crippen LogP contribution in [0.4, 0.5) is 5.82 Å². The van der Waals surface area contributed by atoms with Crippen LogP contribution in [0.1, 0.15) is 12.0 Å². The monoisotopic (exact) mass is 288 g/mol. The zero-order valence-electron chi connectivity index (χ0n) is 10.1. The average molecular weight is 289 g/mol. The van der Waals surface area contributed by atoms with Gasteiger partial charge in [0.25, 0.3) is 0 Å². The summed E-state index contributed by atoms with van der Waals surface area (Å²) in [5.74, 6) is 0.891. The van der Waals surface area contributed by atoms with E-state index in [9.17, 15) is 0 Å².